The van der Waals surface area contributed by atoms with Crippen LogP contribution in [0.2, 0.25) is 0 Å². The van der Waals surface area contributed by atoms with E-state index in [0.29, 0.717) is 29.7 Å². The minimum atomic E-state index is -0.543. The molecule has 4 rings (SSSR count). The van der Waals surface area contributed by atoms with Gasteiger partial charge in [0.1, 0.15) is 12.4 Å². The zero-order valence-corrected chi connectivity index (χ0v) is 16.8. The molecule has 3 atom stereocenters. The Bertz CT molecular complexity index is 943. The number of nitrogens with zero attached hydrogens (tertiary/aromatic N) is 1. The number of rotatable bonds is 6. The number of ether oxygens (including phenoxy) is 2. The van der Waals surface area contributed by atoms with E-state index in [1.165, 1.54) is 0 Å². The van der Waals surface area contributed by atoms with Crippen LogP contribution in [-0.2, 0) is 4.79 Å². The minimum absolute atomic E-state index is 0.00105. The van der Waals surface area contributed by atoms with E-state index < -0.39 is 5.91 Å². The molecule has 1 aliphatic carbocycles. The van der Waals surface area contributed by atoms with E-state index >= 15 is 0 Å². The van der Waals surface area contributed by atoms with Crippen LogP contribution in [0.25, 0.3) is 10.8 Å². The fraction of sp³-hybridized carbons (Fsp3) is 0.500. The average molecular weight is 397 g/mol. The van der Waals surface area contributed by atoms with Gasteiger partial charge in [-0.3, -0.25) is 9.59 Å². The summed E-state index contributed by atoms with van der Waals surface area (Å²) in [6.45, 7) is 4.15. The fourth-order valence-corrected chi connectivity index (χ4v) is 4.53. The monoisotopic (exact) mass is 397 g/mol. The number of nitrogens with two attached hydrogens (primary N) is 1. The first-order valence-corrected chi connectivity index (χ1v) is 10.3. The number of carbonyl (C=O) groups excluding carboxylic acids is 2. The Labute approximate surface area is 170 Å². The number of pyridine rings is 1. The lowest BCUT2D eigenvalue weighted by Gasteiger charge is -2.26. The molecule has 7 heteroatoms. The van der Waals surface area contributed by atoms with Gasteiger partial charge >= 0.3 is 0 Å². The molecule has 1 aliphatic heterocycles. The Kier molecular flexibility index (Phi) is 5.30. The smallest absolute Gasteiger partial charge is 0.252 e. The van der Waals surface area contributed by atoms with Gasteiger partial charge < -0.3 is 20.5 Å². The Morgan fingerprint density at radius 1 is 1.31 bits per heavy atom. The number of hydrogen-bond acceptors (Lipinski definition) is 5. The number of amides is 2. The summed E-state index contributed by atoms with van der Waals surface area (Å²) in [4.78, 5) is 28.5. The third-order valence-corrected chi connectivity index (χ3v) is 5.86. The zero-order chi connectivity index (χ0) is 20.5. The second-order valence-corrected chi connectivity index (χ2v) is 8.20. The van der Waals surface area contributed by atoms with Gasteiger partial charge in [0, 0.05) is 17.5 Å². The lowest BCUT2D eigenvalue weighted by molar-refractivity contribution is -0.123. The van der Waals surface area contributed by atoms with Gasteiger partial charge in [-0.05, 0) is 56.2 Å². The molecule has 2 amide bonds. The van der Waals surface area contributed by atoms with Gasteiger partial charge in [-0.1, -0.05) is 12.8 Å². The van der Waals surface area contributed by atoms with E-state index in [0.717, 1.165) is 36.5 Å². The van der Waals surface area contributed by atoms with E-state index in [1.54, 1.807) is 18.3 Å². The molecule has 1 saturated carbocycles. The molecular formula is C22H27N3O4. The summed E-state index contributed by atoms with van der Waals surface area (Å²) in [5, 5.41) is 4.64. The van der Waals surface area contributed by atoms with Crippen LogP contribution >= 0.6 is 0 Å². The molecule has 2 heterocycles. The molecule has 3 N–H and O–H groups in total. The van der Waals surface area contributed by atoms with Crippen LogP contribution < -0.4 is 20.5 Å². The van der Waals surface area contributed by atoms with Crippen molar-refractivity contribution >= 4 is 22.6 Å². The highest BCUT2D eigenvalue weighted by atomic mass is 16.5. The fourth-order valence-electron chi connectivity index (χ4n) is 4.53. The SMILES string of the molecule is CC(C)Oc1cc2c(OCC3NC(=O)C4CCCCC34)nccc2cc1C(N)=O. The van der Waals surface area contributed by atoms with E-state index in [9.17, 15) is 9.59 Å². The van der Waals surface area contributed by atoms with Crippen LogP contribution in [0.5, 0.6) is 11.6 Å². The van der Waals surface area contributed by atoms with Crippen molar-refractivity contribution in [2.24, 2.45) is 17.6 Å². The van der Waals surface area contributed by atoms with Crippen LogP contribution in [0.3, 0.4) is 0 Å². The lowest BCUT2D eigenvalue weighted by Crippen LogP contribution is -2.35. The maximum Gasteiger partial charge on any atom is 0.252 e. The average Bonchev–Trinajstić information content (AvgIpc) is 3.01. The number of primary amides is 1. The van der Waals surface area contributed by atoms with Crippen LogP contribution in [0, 0.1) is 11.8 Å². The molecule has 7 nitrogen and oxygen atoms in total. The molecule has 29 heavy (non-hydrogen) atoms. The molecule has 0 spiro atoms. The summed E-state index contributed by atoms with van der Waals surface area (Å²) in [6.07, 6.45) is 5.82. The van der Waals surface area contributed by atoms with Crippen molar-refractivity contribution in [1.82, 2.24) is 10.3 Å². The number of fused-ring (bicyclic) bond motifs is 2. The maximum atomic E-state index is 12.2. The van der Waals surface area contributed by atoms with Crippen LogP contribution in [-0.4, -0.2) is 35.6 Å². The third kappa shape index (κ3) is 3.86. The number of hydrogen-bond donors (Lipinski definition) is 2. The van der Waals surface area contributed by atoms with Gasteiger partial charge in [0.05, 0.1) is 17.7 Å². The predicted molar refractivity (Wildman–Crippen MR) is 109 cm³/mol. The largest absolute Gasteiger partial charge is 0.490 e. The summed E-state index contributed by atoms with van der Waals surface area (Å²) in [5.74, 6) is 0.918. The molecule has 0 bridgehead atoms. The van der Waals surface area contributed by atoms with E-state index in [1.807, 2.05) is 19.9 Å². The van der Waals surface area contributed by atoms with Gasteiger partial charge in [-0.15, -0.1) is 0 Å². The van der Waals surface area contributed by atoms with E-state index in [-0.39, 0.29) is 24.0 Å². The molecule has 2 aliphatic rings. The van der Waals surface area contributed by atoms with Gasteiger partial charge in [0.15, 0.2) is 0 Å². The maximum absolute atomic E-state index is 12.2. The van der Waals surface area contributed by atoms with Gasteiger partial charge in [0.25, 0.3) is 5.91 Å². The van der Waals surface area contributed by atoms with E-state index in [4.69, 9.17) is 15.2 Å². The molecule has 1 aromatic carbocycles. The number of aromatic nitrogens is 1. The van der Waals surface area contributed by atoms with Crippen LogP contribution in [0.1, 0.15) is 49.9 Å². The first-order chi connectivity index (χ1) is 13.9. The number of benzene rings is 1. The standard InChI is InChI=1S/C22H27N3O4/c1-12(2)29-19-10-16-13(9-17(19)20(23)26)7-8-24-22(16)28-11-18-14-5-3-4-6-15(14)21(27)25-18/h7-10,12,14-15,18H,3-6,11H2,1-2H3,(H2,23,26)(H,25,27). The van der Waals surface area contributed by atoms with Crippen molar-refractivity contribution in [3.8, 4) is 11.6 Å². The zero-order valence-electron chi connectivity index (χ0n) is 16.8. The van der Waals surface area contributed by atoms with Gasteiger partial charge in [-0.2, -0.15) is 0 Å². The van der Waals surface area contributed by atoms with Gasteiger partial charge in [-0.25, -0.2) is 4.98 Å². The quantitative estimate of drug-likeness (QED) is 0.780. The summed E-state index contributed by atoms with van der Waals surface area (Å²) >= 11 is 0. The van der Waals surface area contributed by atoms with Crippen molar-refractivity contribution in [2.45, 2.75) is 51.7 Å². The number of carbonyl (C=O) groups is 2. The summed E-state index contributed by atoms with van der Waals surface area (Å²) in [7, 11) is 0. The molecule has 3 unspecified atom stereocenters. The van der Waals surface area contributed by atoms with Crippen molar-refractivity contribution < 1.29 is 19.1 Å². The Morgan fingerprint density at radius 3 is 2.86 bits per heavy atom. The summed E-state index contributed by atoms with van der Waals surface area (Å²) < 4.78 is 11.9. The van der Waals surface area contributed by atoms with Crippen LogP contribution in [0.15, 0.2) is 24.4 Å². The highest BCUT2D eigenvalue weighted by Gasteiger charge is 2.43. The van der Waals surface area contributed by atoms with Crippen molar-refractivity contribution in [3.63, 3.8) is 0 Å². The summed E-state index contributed by atoms with van der Waals surface area (Å²) in [5.41, 5.74) is 5.86. The molecule has 2 fully saturated rings. The topological polar surface area (TPSA) is 104 Å². The Balaban J connectivity index is 1.60. The highest BCUT2D eigenvalue weighted by molar-refractivity contribution is 6.01. The van der Waals surface area contributed by atoms with Gasteiger partial charge in [0.2, 0.25) is 11.8 Å². The molecule has 0 radical (unpaired) electrons. The Morgan fingerprint density at radius 2 is 2.10 bits per heavy atom. The van der Waals surface area contributed by atoms with Crippen LogP contribution in [0.4, 0.5) is 0 Å². The normalized spacial score (nSPS) is 23.7. The second-order valence-electron chi connectivity index (χ2n) is 8.20. The molecule has 1 aromatic heterocycles. The first kappa shape index (κ1) is 19.5. The Hall–Kier alpha value is -2.83. The van der Waals surface area contributed by atoms with Crippen molar-refractivity contribution in [3.05, 3.63) is 30.0 Å². The molecule has 154 valence electrons. The first-order valence-electron chi connectivity index (χ1n) is 10.3. The molecule has 1 saturated heterocycles. The van der Waals surface area contributed by atoms with E-state index in [2.05, 4.69) is 10.3 Å². The van der Waals surface area contributed by atoms with Crippen molar-refractivity contribution in [1.29, 1.82) is 0 Å². The highest BCUT2D eigenvalue weighted by Crippen LogP contribution is 2.37. The summed E-state index contributed by atoms with van der Waals surface area (Å²) in [6, 6.07) is 5.27. The lowest BCUT2D eigenvalue weighted by atomic mass is 9.78. The minimum Gasteiger partial charge on any atom is -0.490 e. The predicted octanol–water partition coefficient (Wildman–Crippen LogP) is 2.80. The molecule has 2 aromatic rings. The second kappa shape index (κ2) is 7.89. The number of nitrogens with one attached hydrogen (secondary N) is 1. The molecular weight excluding hydrogens is 370 g/mol. The van der Waals surface area contributed by atoms with Crippen molar-refractivity contribution in [2.75, 3.05) is 6.61 Å². The third-order valence-electron chi connectivity index (χ3n) is 5.86.